The molecule has 1 atom stereocenters. The lowest BCUT2D eigenvalue weighted by atomic mass is 10.2. The van der Waals surface area contributed by atoms with Gasteiger partial charge in [-0.2, -0.15) is 0 Å². The first-order valence-electron chi connectivity index (χ1n) is 5.48. The van der Waals surface area contributed by atoms with E-state index in [-0.39, 0.29) is 0 Å². The molecule has 104 valence electrons. The van der Waals surface area contributed by atoms with Gasteiger partial charge in [-0.1, -0.05) is 0 Å². The van der Waals surface area contributed by atoms with Crippen molar-refractivity contribution in [3.63, 3.8) is 0 Å². The summed E-state index contributed by atoms with van der Waals surface area (Å²) in [5.41, 5.74) is 5.96. The summed E-state index contributed by atoms with van der Waals surface area (Å²) in [5.74, 6) is -2.09. The first kappa shape index (κ1) is 15.0. The maximum Gasteiger partial charge on any atom is 0.326 e. The van der Waals surface area contributed by atoms with E-state index in [2.05, 4.69) is 10.6 Å². The highest BCUT2D eigenvalue weighted by Gasteiger charge is 2.21. The monoisotopic (exact) mass is 285 g/mol. The normalized spacial score (nSPS) is 11.6. The summed E-state index contributed by atoms with van der Waals surface area (Å²) in [7, 11) is 0. The van der Waals surface area contributed by atoms with Crippen LogP contribution in [0.25, 0.3) is 0 Å². The number of rotatable bonds is 6. The molecule has 1 unspecified atom stereocenters. The van der Waals surface area contributed by atoms with Gasteiger partial charge in [-0.3, -0.25) is 4.79 Å². The number of thiophene rings is 1. The number of carboxylic acid groups (broad SMARTS) is 1. The van der Waals surface area contributed by atoms with Crippen LogP contribution in [0.15, 0.2) is 11.4 Å². The van der Waals surface area contributed by atoms with Gasteiger partial charge in [-0.25, -0.2) is 9.59 Å². The van der Waals surface area contributed by atoms with Crippen LogP contribution >= 0.6 is 11.3 Å². The van der Waals surface area contributed by atoms with Gasteiger partial charge < -0.3 is 21.5 Å². The second-order valence-corrected chi connectivity index (χ2v) is 4.92. The third-order valence-corrected chi connectivity index (χ3v) is 3.41. The molecule has 1 aromatic rings. The van der Waals surface area contributed by atoms with Crippen molar-refractivity contribution in [1.82, 2.24) is 10.6 Å². The predicted molar refractivity (Wildman–Crippen MR) is 69.7 cm³/mol. The van der Waals surface area contributed by atoms with Crippen molar-refractivity contribution in [1.29, 1.82) is 0 Å². The number of carbonyl (C=O) groups is 3. The Morgan fingerprint density at radius 2 is 2.16 bits per heavy atom. The lowest BCUT2D eigenvalue weighted by molar-refractivity contribution is -0.140. The van der Waals surface area contributed by atoms with Crippen LogP contribution in [0.3, 0.4) is 0 Å². The van der Waals surface area contributed by atoms with Crippen LogP contribution in [0.5, 0.6) is 0 Å². The molecule has 0 aliphatic rings. The van der Waals surface area contributed by atoms with E-state index in [0.29, 0.717) is 6.54 Å². The minimum Gasteiger partial charge on any atom is -0.480 e. The van der Waals surface area contributed by atoms with Gasteiger partial charge in [0, 0.05) is 4.88 Å². The summed E-state index contributed by atoms with van der Waals surface area (Å²) in [6, 6.07) is -0.0458. The zero-order valence-electron chi connectivity index (χ0n) is 10.3. The van der Waals surface area contributed by atoms with Gasteiger partial charge in [0.05, 0.1) is 13.0 Å². The first-order valence-corrected chi connectivity index (χ1v) is 6.36. The molecule has 0 fully saturated rings. The van der Waals surface area contributed by atoms with E-state index in [4.69, 9.17) is 10.8 Å². The van der Waals surface area contributed by atoms with Gasteiger partial charge >= 0.3 is 12.0 Å². The maximum atomic E-state index is 11.5. The third-order valence-electron chi connectivity index (χ3n) is 2.39. The lowest BCUT2D eigenvalue weighted by Crippen LogP contribution is -2.47. The van der Waals surface area contributed by atoms with Crippen LogP contribution in [0.2, 0.25) is 0 Å². The highest BCUT2D eigenvalue weighted by Crippen LogP contribution is 2.14. The zero-order valence-corrected chi connectivity index (χ0v) is 11.1. The second-order valence-electron chi connectivity index (χ2n) is 3.92. The van der Waals surface area contributed by atoms with Crippen molar-refractivity contribution in [3.05, 3.63) is 21.9 Å². The number of carbonyl (C=O) groups excluding carboxylic acids is 2. The SMILES string of the molecule is Cc1ccsc1CNC(=O)NC(CC(N)=O)C(=O)O. The fraction of sp³-hybridized carbons (Fsp3) is 0.364. The molecule has 1 aromatic heterocycles. The van der Waals surface area contributed by atoms with E-state index in [1.165, 1.54) is 11.3 Å². The summed E-state index contributed by atoms with van der Waals surface area (Å²) >= 11 is 1.49. The van der Waals surface area contributed by atoms with Crippen molar-refractivity contribution in [3.8, 4) is 0 Å². The Balaban J connectivity index is 2.47. The Hall–Kier alpha value is -2.09. The van der Waals surface area contributed by atoms with Crippen molar-refractivity contribution in [2.24, 2.45) is 5.73 Å². The largest absolute Gasteiger partial charge is 0.480 e. The summed E-state index contributed by atoms with van der Waals surface area (Å²) in [6.45, 7) is 2.22. The quantitative estimate of drug-likeness (QED) is 0.595. The average Bonchev–Trinajstić information content (AvgIpc) is 2.70. The summed E-state index contributed by atoms with van der Waals surface area (Å²) in [6.07, 6.45) is -0.444. The zero-order chi connectivity index (χ0) is 14.4. The van der Waals surface area contributed by atoms with E-state index in [9.17, 15) is 14.4 Å². The number of hydrogen-bond acceptors (Lipinski definition) is 4. The van der Waals surface area contributed by atoms with Crippen molar-refractivity contribution >= 4 is 29.2 Å². The minimum atomic E-state index is -1.32. The van der Waals surface area contributed by atoms with Crippen molar-refractivity contribution < 1.29 is 19.5 Å². The van der Waals surface area contributed by atoms with E-state index in [1.807, 2.05) is 18.4 Å². The molecule has 7 nitrogen and oxygen atoms in total. The molecular weight excluding hydrogens is 270 g/mol. The number of primary amides is 1. The third kappa shape index (κ3) is 4.96. The van der Waals surface area contributed by atoms with E-state index < -0.39 is 30.4 Å². The fourth-order valence-corrected chi connectivity index (χ4v) is 2.20. The number of aryl methyl sites for hydroxylation is 1. The molecule has 1 rings (SSSR count). The molecule has 3 amide bonds. The molecule has 0 spiro atoms. The Morgan fingerprint density at radius 3 is 2.63 bits per heavy atom. The molecule has 0 bridgehead atoms. The predicted octanol–water partition coefficient (Wildman–Crippen LogP) is 0.184. The number of amides is 3. The number of hydrogen-bond donors (Lipinski definition) is 4. The van der Waals surface area contributed by atoms with Gasteiger partial charge in [0.25, 0.3) is 0 Å². The Bertz CT molecular complexity index is 486. The molecule has 5 N–H and O–H groups in total. The van der Waals surface area contributed by atoms with E-state index in [1.54, 1.807) is 0 Å². The van der Waals surface area contributed by atoms with Gasteiger partial charge in [0.1, 0.15) is 6.04 Å². The van der Waals surface area contributed by atoms with Crippen molar-refractivity contribution in [2.45, 2.75) is 25.9 Å². The van der Waals surface area contributed by atoms with Crippen LogP contribution in [-0.2, 0) is 16.1 Å². The summed E-state index contributed by atoms with van der Waals surface area (Å²) < 4.78 is 0. The molecule has 0 saturated heterocycles. The van der Waals surface area contributed by atoms with Crippen LogP contribution in [0.4, 0.5) is 4.79 Å². The molecule has 0 aliphatic carbocycles. The van der Waals surface area contributed by atoms with Crippen molar-refractivity contribution in [2.75, 3.05) is 0 Å². The second kappa shape index (κ2) is 6.74. The average molecular weight is 285 g/mol. The van der Waals surface area contributed by atoms with Crippen LogP contribution in [-0.4, -0.2) is 29.1 Å². The summed E-state index contributed by atoms with van der Waals surface area (Å²) in [4.78, 5) is 34.0. The van der Waals surface area contributed by atoms with Crippen LogP contribution < -0.4 is 16.4 Å². The molecule has 0 saturated carbocycles. The molecule has 8 heteroatoms. The first-order chi connectivity index (χ1) is 8.90. The topological polar surface area (TPSA) is 122 Å². The van der Waals surface area contributed by atoms with Gasteiger partial charge in [0.2, 0.25) is 5.91 Å². The molecular formula is C11H15N3O4S. The number of nitrogens with two attached hydrogens (primary N) is 1. The molecule has 19 heavy (non-hydrogen) atoms. The van der Waals surface area contributed by atoms with Crippen LogP contribution in [0, 0.1) is 6.92 Å². The summed E-state index contributed by atoms with van der Waals surface area (Å²) in [5, 5.41) is 15.4. The lowest BCUT2D eigenvalue weighted by Gasteiger charge is -2.13. The molecule has 0 aromatic carbocycles. The standard InChI is InChI=1S/C11H15N3O4S/c1-6-2-3-19-8(6)5-13-11(18)14-7(10(16)17)4-9(12)15/h2-3,7H,4-5H2,1H3,(H2,12,15)(H,16,17)(H2,13,14,18). The number of carboxylic acids is 1. The maximum absolute atomic E-state index is 11.5. The fourth-order valence-electron chi connectivity index (χ4n) is 1.36. The molecule has 0 radical (unpaired) electrons. The highest BCUT2D eigenvalue weighted by atomic mass is 32.1. The Morgan fingerprint density at radius 1 is 1.47 bits per heavy atom. The smallest absolute Gasteiger partial charge is 0.326 e. The highest BCUT2D eigenvalue weighted by molar-refractivity contribution is 7.10. The van der Waals surface area contributed by atoms with E-state index in [0.717, 1.165) is 10.4 Å². The number of nitrogens with one attached hydrogen (secondary N) is 2. The Labute approximate surface area is 113 Å². The Kier molecular flexibility index (Phi) is 5.31. The molecule has 0 aliphatic heterocycles. The van der Waals surface area contributed by atoms with Gasteiger partial charge in [0.15, 0.2) is 0 Å². The number of urea groups is 1. The van der Waals surface area contributed by atoms with Crippen LogP contribution in [0.1, 0.15) is 16.9 Å². The van der Waals surface area contributed by atoms with Gasteiger partial charge in [-0.05, 0) is 23.9 Å². The minimum absolute atomic E-state index is 0.304. The van der Waals surface area contributed by atoms with Gasteiger partial charge in [-0.15, -0.1) is 11.3 Å². The number of aliphatic carboxylic acids is 1. The molecule has 1 heterocycles. The van der Waals surface area contributed by atoms with E-state index >= 15 is 0 Å².